The largest absolute Gasteiger partial charge is 0.466 e. The molecule has 0 aliphatic heterocycles. The molecule has 6 nitrogen and oxygen atoms in total. The summed E-state index contributed by atoms with van der Waals surface area (Å²) in [5.41, 5.74) is 0. The molecule has 0 aromatic carbocycles. The van der Waals surface area contributed by atoms with Gasteiger partial charge in [0, 0.05) is 12.8 Å². The zero-order valence-corrected chi connectivity index (χ0v) is 50.6. The number of amides is 1. The molecule has 0 saturated carbocycles. The molecule has 1 amide bonds. The minimum Gasteiger partial charge on any atom is -0.466 e. The molecule has 0 spiro atoms. The van der Waals surface area contributed by atoms with Crippen LogP contribution in [0.5, 0.6) is 0 Å². The highest BCUT2D eigenvalue weighted by Crippen LogP contribution is 2.19. The minimum atomic E-state index is -0.658. The predicted octanol–water partition coefficient (Wildman–Crippen LogP) is 21.8. The van der Waals surface area contributed by atoms with Crippen molar-refractivity contribution >= 4 is 11.9 Å². The first-order valence-electron chi connectivity index (χ1n) is 34.3. The standard InChI is InChI=1S/C68H135NO5/c1-3-5-7-9-11-13-15-16-17-18-33-36-39-42-46-50-54-58-62-68(73)74-63-59-55-51-47-43-40-37-34-31-29-27-25-23-21-19-20-22-24-26-28-30-32-35-38-41-45-49-53-57-61-67(72)69-65(64-70)66(71)60-56-52-48-44-14-12-10-8-6-4-2/h65-66,70-71H,3-64H2,1-2H3,(H,69,72). The van der Waals surface area contributed by atoms with Crippen LogP contribution in [0.1, 0.15) is 399 Å². The number of unbranched alkanes of at least 4 members (excludes halogenated alkanes) is 54. The topological polar surface area (TPSA) is 95.9 Å². The summed E-state index contributed by atoms with van der Waals surface area (Å²) in [5.74, 6) is -0.00571. The van der Waals surface area contributed by atoms with Gasteiger partial charge >= 0.3 is 5.97 Å². The number of nitrogens with one attached hydrogen (secondary N) is 1. The summed E-state index contributed by atoms with van der Waals surface area (Å²) in [5, 5.41) is 23.2. The quantitative estimate of drug-likeness (QED) is 0.0417. The van der Waals surface area contributed by atoms with E-state index in [1.165, 1.54) is 327 Å². The number of aliphatic hydroxyl groups is 2. The van der Waals surface area contributed by atoms with E-state index < -0.39 is 12.1 Å². The lowest BCUT2D eigenvalue weighted by Crippen LogP contribution is -2.45. The van der Waals surface area contributed by atoms with Crippen molar-refractivity contribution < 1.29 is 24.5 Å². The smallest absolute Gasteiger partial charge is 0.305 e. The molecule has 0 aliphatic carbocycles. The summed E-state index contributed by atoms with van der Waals surface area (Å²) in [7, 11) is 0. The van der Waals surface area contributed by atoms with Gasteiger partial charge in [0.1, 0.15) is 0 Å². The van der Waals surface area contributed by atoms with Crippen LogP contribution < -0.4 is 5.32 Å². The Balaban J connectivity index is 3.28. The van der Waals surface area contributed by atoms with Crippen LogP contribution in [0.3, 0.4) is 0 Å². The molecule has 2 unspecified atom stereocenters. The number of ether oxygens (including phenoxy) is 1. The van der Waals surface area contributed by atoms with Gasteiger partial charge in [-0.1, -0.05) is 361 Å². The number of rotatable bonds is 65. The fourth-order valence-corrected chi connectivity index (χ4v) is 11.2. The van der Waals surface area contributed by atoms with E-state index in [1.807, 2.05) is 0 Å². The molecule has 0 aliphatic rings. The van der Waals surface area contributed by atoms with Gasteiger partial charge in [-0.25, -0.2) is 0 Å². The van der Waals surface area contributed by atoms with E-state index in [-0.39, 0.29) is 18.5 Å². The summed E-state index contributed by atoms with van der Waals surface area (Å²) >= 11 is 0. The Bertz CT molecular complexity index is 1070. The molecule has 2 atom stereocenters. The second-order valence-corrected chi connectivity index (χ2v) is 23.9. The fraction of sp³-hybridized carbons (Fsp3) is 0.971. The third-order valence-electron chi connectivity index (χ3n) is 16.4. The van der Waals surface area contributed by atoms with E-state index in [1.54, 1.807) is 0 Å². The molecule has 0 heterocycles. The highest BCUT2D eigenvalue weighted by Gasteiger charge is 2.20. The average molecular weight is 1050 g/mol. The lowest BCUT2D eigenvalue weighted by molar-refractivity contribution is -0.143. The second-order valence-electron chi connectivity index (χ2n) is 23.9. The third-order valence-corrected chi connectivity index (χ3v) is 16.4. The SMILES string of the molecule is CCCCCCCCCCCCCCCCCCCCC(=O)OCCCCCCCCCCCCCCCCCCCCCCCCCCCCCCCC(=O)NC(CO)C(O)CCCCCCCCCCCC. The van der Waals surface area contributed by atoms with Crippen molar-refractivity contribution in [3.05, 3.63) is 0 Å². The third kappa shape index (κ3) is 60.1. The highest BCUT2D eigenvalue weighted by molar-refractivity contribution is 5.76. The Morgan fingerprint density at radius 2 is 0.554 bits per heavy atom. The zero-order valence-electron chi connectivity index (χ0n) is 50.6. The van der Waals surface area contributed by atoms with Gasteiger partial charge in [0.05, 0.1) is 25.4 Å². The van der Waals surface area contributed by atoms with Crippen LogP contribution in [-0.4, -0.2) is 47.4 Å². The number of hydrogen-bond acceptors (Lipinski definition) is 5. The summed E-state index contributed by atoms with van der Waals surface area (Å²) in [4.78, 5) is 24.5. The van der Waals surface area contributed by atoms with Crippen molar-refractivity contribution in [2.24, 2.45) is 0 Å². The lowest BCUT2D eigenvalue weighted by Gasteiger charge is -2.22. The molecule has 0 saturated heterocycles. The Morgan fingerprint density at radius 3 is 0.824 bits per heavy atom. The summed E-state index contributed by atoms with van der Waals surface area (Å²) in [6.07, 6.45) is 77.3. The molecule has 0 bridgehead atoms. The molecular formula is C68H135NO5. The monoisotopic (exact) mass is 1050 g/mol. The number of carbonyl (C=O) groups excluding carboxylic acids is 2. The van der Waals surface area contributed by atoms with Gasteiger partial charge in [0.25, 0.3) is 0 Å². The maximum absolute atomic E-state index is 12.4. The van der Waals surface area contributed by atoms with E-state index in [2.05, 4.69) is 19.2 Å². The van der Waals surface area contributed by atoms with E-state index in [4.69, 9.17) is 4.74 Å². The van der Waals surface area contributed by atoms with E-state index in [9.17, 15) is 19.8 Å². The first kappa shape index (κ1) is 72.9. The van der Waals surface area contributed by atoms with Gasteiger partial charge < -0.3 is 20.3 Å². The highest BCUT2D eigenvalue weighted by atomic mass is 16.5. The Kier molecular flexibility index (Phi) is 63.4. The van der Waals surface area contributed by atoms with Crippen LogP contribution >= 0.6 is 0 Å². The van der Waals surface area contributed by atoms with E-state index >= 15 is 0 Å². The van der Waals surface area contributed by atoms with Crippen molar-refractivity contribution in [3.63, 3.8) is 0 Å². The maximum atomic E-state index is 12.4. The second kappa shape index (κ2) is 64.4. The van der Waals surface area contributed by atoms with Crippen molar-refractivity contribution in [1.82, 2.24) is 5.32 Å². The van der Waals surface area contributed by atoms with Crippen LogP contribution in [0, 0.1) is 0 Å². The molecule has 0 fully saturated rings. The van der Waals surface area contributed by atoms with Gasteiger partial charge in [-0.15, -0.1) is 0 Å². The van der Waals surface area contributed by atoms with E-state index in [0.29, 0.717) is 25.9 Å². The van der Waals surface area contributed by atoms with Gasteiger partial charge in [-0.2, -0.15) is 0 Å². The lowest BCUT2D eigenvalue weighted by atomic mass is 10.0. The van der Waals surface area contributed by atoms with Crippen LogP contribution in [0.25, 0.3) is 0 Å². The molecular weight excluding hydrogens is 911 g/mol. The summed E-state index contributed by atoms with van der Waals surface area (Å²) in [6.45, 7) is 4.98. The van der Waals surface area contributed by atoms with E-state index in [0.717, 1.165) is 38.5 Å². The minimum absolute atomic E-state index is 0.0249. The average Bonchev–Trinajstić information content (AvgIpc) is 3.40. The molecule has 6 heteroatoms. The fourth-order valence-electron chi connectivity index (χ4n) is 11.2. The van der Waals surface area contributed by atoms with Gasteiger partial charge in [0.2, 0.25) is 5.91 Å². The number of aliphatic hydroxyl groups excluding tert-OH is 2. The zero-order chi connectivity index (χ0) is 53.6. The van der Waals surface area contributed by atoms with Crippen LogP contribution in [0.2, 0.25) is 0 Å². The number of esters is 1. The van der Waals surface area contributed by atoms with Gasteiger partial charge in [-0.3, -0.25) is 9.59 Å². The molecule has 0 aromatic rings. The van der Waals surface area contributed by atoms with Crippen LogP contribution in [-0.2, 0) is 14.3 Å². The van der Waals surface area contributed by atoms with Crippen molar-refractivity contribution in [3.8, 4) is 0 Å². The molecule has 0 aromatic heterocycles. The summed E-state index contributed by atoms with van der Waals surface area (Å²) < 4.78 is 5.51. The predicted molar refractivity (Wildman–Crippen MR) is 324 cm³/mol. The summed E-state index contributed by atoms with van der Waals surface area (Å²) in [6, 6.07) is -0.536. The molecule has 0 radical (unpaired) electrons. The molecule has 74 heavy (non-hydrogen) atoms. The van der Waals surface area contributed by atoms with Gasteiger partial charge in [0.15, 0.2) is 0 Å². The van der Waals surface area contributed by atoms with Gasteiger partial charge in [-0.05, 0) is 25.7 Å². The molecule has 3 N–H and O–H groups in total. The first-order valence-corrected chi connectivity index (χ1v) is 34.3. The van der Waals surface area contributed by atoms with Crippen molar-refractivity contribution in [1.29, 1.82) is 0 Å². The van der Waals surface area contributed by atoms with Crippen molar-refractivity contribution in [2.45, 2.75) is 411 Å². The first-order chi connectivity index (χ1) is 36.5. The van der Waals surface area contributed by atoms with Crippen LogP contribution in [0.15, 0.2) is 0 Å². The Morgan fingerprint density at radius 1 is 0.324 bits per heavy atom. The van der Waals surface area contributed by atoms with Crippen molar-refractivity contribution in [2.75, 3.05) is 13.2 Å². The molecule has 442 valence electrons. The molecule has 0 rings (SSSR count). The normalized spacial score (nSPS) is 12.4. The van der Waals surface area contributed by atoms with Crippen LogP contribution in [0.4, 0.5) is 0 Å². The maximum Gasteiger partial charge on any atom is 0.305 e. The Labute approximate surface area is 464 Å². The number of carbonyl (C=O) groups is 2. The Hall–Kier alpha value is -1.14. The number of hydrogen-bond donors (Lipinski definition) is 3.